The van der Waals surface area contributed by atoms with Gasteiger partial charge in [-0.15, -0.1) is 0 Å². The maximum atomic E-state index is 10.5. The lowest BCUT2D eigenvalue weighted by atomic mass is 10.1. The number of benzene rings is 1. The average molecular weight is 189 g/mol. The zero-order valence-electron chi connectivity index (χ0n) is 8.60. The number of nitrogens with zero attached hydrogens (tertiary/aromatic N) is 1. The number of carbonyl (C=O) groups is 1. The number of anilines is 1. The Morgan fingerprint density at radius 2 is 1.93 bits per heavy atom. The molecule has 0 spiro atoms. The summed E-state index contributed by atoms with van der Waals surface area (Å²) in [6.07, 6.45) is 2.11. The van der Waals surface area contributed by atoms with Gasteiger partial charge >= 0.3 is 0 Å². The molecule has 0 heterocycles. The number of hydrogen-bond donors (Lipinski definition) is 0. The molecule has 2 atom stereocenters. The molecular formula is C12H15NO. The van der Waals surface area contributed by atoms with Crippen LogP contribution in [0.15, 0.2) is 24.3 Å². The molecule has 2 rings (SSSR count). The van der Waals surface area contributed by atoms with Crippen molar-refractivity contribution < 1.29 is 4.79 Å². The molecule has 0 radical (unpaired) electrons. The SMILES string of the molecule is CN(C)c1ccc(C2CC2C=O)cc1. The lowest BCUT2D eigenvalue weighted by Gasteiger charge is -2.12. The molecule has 1 aromatic carbocycles. The summed E-state index contributed by atoms with van der Waals surface area (Å²) in [5.74, 6) is 0.768. The number of hydrogen-bond acceptors (Lipinski definition) is 2. The fourth-order valence-electron chi connectivity index (χ4n) is 1.77. The second-order valence-corrected chi connectivity index (χ2v) is 4.13. The summed E-state index contributed by atoms with van der Waals surface area (Å²) in [6.45, 7) is 0. The first-order valence-electron chi connectivity index (χ1n) is 4.95. The predicted molar refractivity (Wildman–Crippen MR) is 57.7 cm³/mol. The third-order valence-electron chi connectivity index (χ3n) is 2.85. The maximum Gasteiger partial charge on any atom is 0.123 e. The van der Waals surface area contributed by atoms with E-state index >= 15 is 0 Å². The molecule has 0 amide bonds. The van der Waals surface area contributed by atoms with Crippen LogP contribution in [0.4, 0.5) is 5.69 Å². The van der Waals surface area contributed by atoms with Crippen molar-refractivity contribution in [1.82, 2.24) is 0 Å². The molecule has 1 aliphatic carbocycles. The normalized spacial score (nSPS) is 24.4. The van der Waals surface area contributed by atoms with Crippen LogP contribution in [-0.2, 0) is 4.79 Å². The Morgan fingerprint density at radius 1 is 1.29 bits per heavy atom. The van der Waals surface area contributed by atoms with Gasteiger partial charge in [0.1, 0.15) is 6.29 Å². The molecular weight excluding hydrogens is 174 g/mol. The molecule has 1 fully saturated rings. The Morgan fingerprint density at radius 3 is 2.36 bits per heavy atom. The van der Waals surface area contributed by atoms with Crippen molar-refractivity contribution in [2.45, 2.75) is 12.3 Å². The topological polar surface area (TPSA) is 20.3 Å². The summed E-state index contributed by atoms with van der Waals surface area (Å²) >= 11 is 0. The van der Waals surface area contributed by atoms with E-state index in [-0.39, 0.29) is 5.92 Å². The molecule has 0 bridgehead atoms. The van der Waals surface area contributed by atoms with E-state index in [1.165, 1.54) is 11.3 Å². The Bertz CT molecular complexity index is 329. The van der Waals surface area contributed by atoms with Gasteiger partial charge in [0.05, 0.1) is 0 Å². The highest BCUT2D eigenvalue weighted by molar-refractivity contribution is 5.61. The highest BCUT2D eigenvalue weighted by Crippen LogP contribution is 2.46. The van der Waals surface area contributed by atoms with Crippen LogP contribution >= 0.6 is 0 Å². The summed E-state index contributed by atoms with van der Waals surface area (Å²) in [4.78, 5) is 12.6. The molecule has 2 nitrogen and oxygen atoms in total. The zero-order chi connectivity index (χ0) is 10.1. The third kappa shape index (κ3) is 1.65. The Kier molecular flexibility index (Phi) is 2.28. The first-order valence-corrected chi connectivity index (χ1v) is 4.95. The zero-order valence-corrected chi connectivity index (χ0v) is 8.60. The van der Waals surface area contributed by atoms with Gasteiger partial charge < -0.3 is 9.69 Å². The standard InChI is InChI=1S/C12H15NO/c1-13(2)11-5-3-9(4-6-11)12-7-10(12)8-14/h3-6,8,10,12H,7H2,1-2H3. The van der Waals surface area contributed by atoms with Crippen LogP contribution in [0.25, 0.3) is 0 Å². The lowest BCUT2D eigenvalue weighted by molar-refractivity contribution is -0.108. The minimum absolute atomic E-state index is 0.278. The van der Waals surface area contributed by atoms with E-state index in [1.54, 1.807) is 0 Å². The van der Waals surface area contributed by atoms with Gasteiger partial charge in [-0.3, -0.25) is 0 Å². The van der Waals surface area contributed by atoms with Crippen LogP contribution in [0.3, 0.4) is 0 Å². The van der Waals surface area contributed by atoms with Crippen molar-refractivity contribution in [3.8, 4) is 0 Å². The van der Waals surface area contributed by atoms with Gasteiger partial charge in [0.15, 0.2) is 0 Å². The molecule has 1 aromatic rings. The van der Waals surface area contributed by atoms with Crippen molar-refractivity contribution >= 4 is 12.0 Å². The van der Waals surface area contributed by atoms with E-state index in [0.717, 1.165) is 12.7 Å². The van der Waals surface area contributed by atoms with E-state index in [2.05, 4.69) is 29.2 Å². The Hall–Kier alpha value is -1.31. The molecule has 0 aliphatic heterocycles. The van der Waals surface area contributed by atoms with E-state index in [9.17, 15) is 4.79 Å². The summed E-state index contributed by atoms with van der Waals surface area (Å²) in [7, 11) is 4.06. The number of carbonyl (C=O) groups excluding carboxylic acids is 1. The van der Waals surface area contributed by atoms with E-state index in [0.29, 0.717) is 5.92 Å². The quantitative estimate of drug-likeness (QED) is 0.678. The largest absolute Gasteiger partial charge is 0.378 e. The van der Waals surface area contributed by atoms with Gasteiger partial charge in [0.25, 0.3) is 0 Å². The van der Waals surface area contributed by atoms with Gasteiger partial charge in [0.2, 0.25) is 0 Å². The fourth-order valence-corrected chi connectivity index (χ4v) is 1.77. The highest BCUT2D eigenvalue weighted by Gasteiger charge is 2.37. The lowest BCUT2D eigenvalue weighted by Crippen LogP contribution is -2.08. The average Bonchev–Trinajstić information content (AvgIpc) is 2.97. The van der Waals surface area contributed by atoms with Crippen molar-refractivity contribution in [3.05, 3.63) is 29.8 Å². The van der Waals surface area contributed by atoms with Crippen LogP contribution in [0.2, 0.25) is 0 Å². The molecule has 0 saturated heterocycles. The van der Waals surface area contributed by atoms with Gasteiger partial charge in [0, 0.05) is 25.7 Å². The molecule has 1 aliphatic rings. The van der Waals surface area contributed by atoms with Gasteiger partial charge in [-0.2, -0.15) is 0 Å². The molecule has 0 N–H and O–H groups in total. The maximum absolute atomic E-state index is 10.5. The third-order valence-corrected chi connectivity index (χ3v) is 2.85. The van der Waals surface area contributed by atoms with E-state index in [1.807, 2.05) is 14.1 Å². The number of rotatable bonds is 3. The molecule has 0 aromatic heterocycles. The predicted octanol–water partition coefficient (Wildman–Crippen LogP) is 2.05. The summed E-state index contributed by atoms with van der Waals surface area (Å²) < 4.78 is 0. The highest BCUT2D eigenvalue weighted by atomic mass is 16.1. The molecule has 2 unspecified atom stereocenters. The fraction of sp³-hybridized carbons (Fsp3) is 0.417. The minimum atomic E-state index is 0.278. The van der Waals surface area contributed by atoms with Crippen molar-refractivity contribution in [2.75, 3.05) is 19.0 Å². The Balaban J connectivity index is 2.11. The van der Waals surface area contributed by atoms with Crippen molar-refractivity contribution in [1.29, 1.82) is 0 Å². The monoisotopic (exact) mass is 189 g/mol. The first kappa shape index (κ1) is 9.25. The van der Waals surface area contributed by atoms with Crippen molar-refractivity contribution in [3.63, 3.8) is 0 Å². The molecule has 1 saturated carbocycles. The molecule has 14 heavy (non-hydrogen) atoms. The first-order chi connectivity index (χ1) is 6.72. The second kappa shape index (κ2) is 3.45. The summed E-state index contributed by atoms with van der Waals surface area (Å²) in [5, 5.41) is 0. The minimum Gasteiger partial charge on any atom is -0.378 e. The summed E-state index contributed by atoms with van der Waals surface area (Å²) in [5.41, 5.74) is 2.50. The van der Waals surface area contributed by atoms with Crippen LogP contribution in [0.5, 0.6) is 0 Å². The van der Waals surface area contributed by atoms with Crippen LogP contribution in [-0.4, -0.2) is 20.4 Å². The van der Waals surface area contributed by atoms with Crippen LogP contribution in [0, 0.1) is 5.92 Å². The van der Waals surface area contributed by atoms with Crippen LogP contribution in [0.1, 0.15) is 17.9 Å². The van der Waals surface area contributed by atoms with Crippen LogP contribution < -0.4 is 4.90 Å². The van der Waals surface area contributed by atoms with Crippen molar-refractivity contribution in [2.24, 2.45) is 5.92 Å². The van der Waals surface area contributed by atoms with Gasteiger partial charge in [-0.05, 0) is 30.0 Å². The van der Waals surface area contributed by atoms with Gasteiger partial charge in [-0.25, -0.2) is 0 Å². The van der Waals surface area contributed by atoms with E-state index < -0.39 is 0 Å². The van der Waals surface area contributed by atoms with E-state index in [4.69, 9.17) is 0 Å². The Labute approximate surface area is 84.5 Å². The van der Waals surface area contributed by atoms with Gasteiger partial charge in [-0.1, -0.05) is 12.1 Å². The number of aldehydes is 1. The second-order valence-electron chi connectivity index (χ2n) is 4.13. The summed E-state index contributed by atoms with van der Waals surface area (Å²) in [6, 6.07) is 8.47. The molecule has 2 heteroatoms. The smallest absolute Gasteiger partial charge is 0.123 e. The molecule has 74 valence electrons.